The van der Waals surface area contributed by atoms with E-state index in [2.05, 4.69) is 10.6 Å². The quantitative estimate of drug-likeness (QED) is 0.767. The van der Waals surface area contributed by atoms with Crippen molar-refractivity contribution in [1.29, 1.82) is 0 Å². The predicted molar refractivity (Wildman–Crippen MR) is 70.2 cm³/mol. The molecule has 0 aromatic heterocycles. The van der Waals surface area contributed by atoms with E-state index >= 15 is 0 Å². The fourth-order valence-electron chi connectivity index (χ4n) is 5.13. The molecule has 0 spiro atoms. The van der Waals surface area contributed by atoms with Crippen LogP contribution in [0.2, 0.25) is 0 Å². The van der Waals surface area contributed by atoms with Gasteiger partial charge in [0.05, 0.1) is 0 Å². The predicted octanol–water partition coefficient (Wildman–Crippen LogP) is 1.05. The van der Waals surface area contributed by atoms with Gasteiger partial charge in [-0.05, 0) is 75.5 Å². The van der Waals surface area contributed by atoms with Crippen LogP contribution >= 0.6 is 0 Å². The van der Waals surface area contributed by atoms with Crippen molar-refractivity contribution in [3.63, 3.8) is 0 Å². The Balaban J connectivity index is 1.39. The van der Waals surface area contributed by atoms with E-state index in [0.717, 1.165) is 49.9 Å². The summed E-state index contributed by atoms with van der Waals surface area (Å²) in [6.07, 6.45) is 4.72. The van der Waals surface area contributed by atoms with Crippen molar-refractivity contribution < 1.29 is 4.79 Å². The molecular weight excluding hydrogens is 224 g/mol. The van der Waals surface area contributed by atoms with Crippen molar-refractivity contribution in [2.75, 3.05) is 26.2 Å². The van der Waals surface area contributed by atoms with Gasteiger partial charge in [0.1, 0.15) is 5.78 Å². The second-order valence-corrected chi connectivity index (χ2v) is 7.10. The molecule has 4 aliphatic rings. The van der Waals surface area contributed by atoms with Gasteiger partial charge in [-0.1, -0.05) is 0 Å². The molecule has 0 aromatic carbocycles. The molecule has 2 saturated heterocycles. The Kier molecular flexibility index (Phi) is 2.73. The molecule has 4 rings (SSSR count). The van der Waals surface area contributed by atoms with Crippen LogP contribution in [0.1, 0.15) is 25.7 Å². The van der Waals surface area contributed by atoms with Gasteiger partial charge in [-0.15, -0.1) is 0 Å². The standard InChI is InChI=1S/C15H24N2O/c18-15(9-1-11-5-16-6-12(11)2-9)10-3-13-7-17-8-14(13)4-10/h9-14,16-17H,1-8H2/t9?,10?,11-,12+,13-,14+. The van der Waals surface area contributed by atoms with Crippen LogP contribution in [0.4, 0.5) is 0 Å². The van der Waals surface area contributed by atoms with E-state index in [1.807, 2.05) is 0 Å². The van der Waals surface area contributed by atoms with E-state index < -0.39 is 0 Å². The molecule has 100 valence electrons. The zero-order chi connectivity index (χ0) is 12.1. The zero-order valence-corrected chi connectivity index (χ0v) is 11.0. The number of hydrogen-bond donors (Lipinski definition) is 2. The first-order chi connectivity index (χ1) is 8.81. The Morgan fingerprint density at radius 3 is 1.33 bits per heavy atom. The summed E-state index contributed by atoms with van der Waals surface area (Å²) >= 11 is 0. The molecule has 2 N–H and O–H groups in total. The highest BCUT2D eigenvalue weighted by atomic mass is 16.1. The second-order valence-electron chi connectivity index (χ2n) is 7.10. The number of carbonyl (C=O) groups excluding carboxylic acids is 1. The number of rotatable bonds is 2. The van der Waals surface area contributed by atoms with E-state index in [1.54, 1.807) is 0 Å². The lowest BCUT2D eigenvalue weighted by Crippen LogP contribution is -2.24. The smallest absolute Gasteiger partial charge is 0.139 e. The van der Waals surface area contributed by atoms with Crippen molar-refractivity contribution in [2.24, 2.45) is 35.5 Å². The molecule has 6 atom stereocenters. The molecule has 4 fully saturated rings. The Morgan fingerprint density at radius 1 is 0.667 bits per heavy atom. The lowest BCUT2D eigenvalue weighted by molar-refractivity contribution is -0.126. The highest BCUT2D eigenvalue weighted by Gasteiger charge is 2.45. The first-order valence-electron chi connectivity index (χ1n) is 7.76. The van der Waals surface area contributed by atoms with Crippen LogP contribution < -0.4 is 10.6 Å². The highest BCUT2D eigenvalue weighted by molar-refractivity contribution is 5.84. The number of Topliss-reactive ketones (excluding diaryl/α,β-unsaturated/α-hetero) is 1. The lowest BCUT2D eigenvalue weighted by Gasteiger charge is -2.16. The number of fused-ring (bicyclic) bond motifs is 2. The number of ketones is 1. The largest absolute Gasteiger partial charge is 0.316 e. The highest BCUT2D eigenvalue weighted by Crippen LogP contribution is 2.45. The van der Waals surface area contributed by atoms with E-state index in [9.17, 15) is 4.79 Å². The first-order valence-corrected chi connectivity index (χ1v) is 7.76. The number of nitrogens with one attached hydrogen (secondary N) is 2. The third kappa shape index (κ3) is 1.75. The van der Waals surface area contributed by atoms with Gasteiger partial charge in [0.15, 0.2) is 0 Å². The molecule has 18 heavy (non-hydrogen) atoms. The normalized spacial score (nSPS) is 50.4. The topological polar surface area (TPSA) is 41.1 Å². The maximum absolute atomic E-state index is 12.7. The minimum absolute atomic E-state index is 0.416. The average Bonchev–Trinajstić information content (AvgIpc) is 3.06. The van der Waals surface area contributed by atoms with Crippen molar-refractivity contribution in [2.45, 2.75) is 25.7 Å². The molecule has 2 unspecified atom stereocenters. The van der Waals surface area contributed by atoms with Crippen LogP contribution in [-0.2, 0) is 4.79 Å². The summed E-state index contributed by atoms with van der Waals surface area (Å²) < 4.78 is 0. The van der Waals surface area contributed by atoms with Crippen LogP contribution in [0.3, 0.4) is 0 Å². The molecule has 3 heteroatoms. The van der Waals surface area contributed by atoms with E-state index in [-0.39, 0.29) is 0 Å². The van der Waals surface area contributed by atoms with Crippen molar-refractivity contribution in [3.8, 4) is 0 Å². The monoisotopic (exact) mass is 248 g/mol. The molecule has 0 amide bonds. The molecule has 3 nitrogen and oxygen atoms in total. The lowest BCUT2D eigenvalue weighted by atomic mass is 9.88. The van der Waals surface area contributed by atoms with Crippen LogP contribution in [-0.4, -0.2) is 32.0 Å². The molecule has 2 heterocycles. The summed E-state index contributed by atoms with van der Waals surface area (Å²) in [5.74, 6) is 4.70. The summed E-state index contributed by atoms with van der Waals surface area (Å²) in [7, 11) is 0. The molecule has 2 aliphatic heterocycles. The minimum atomic E-state index is 0.416. The zero-order valence-electron chi connectivity index (χ0n) is 11.0. The Labute approximate surface area is 109 Å². The Bertz CT molecular complexity index is 300. The van der Waals surface area contributed by atoms with Gasteiger partial charge < -0.3 is 10.6 Å². The van der Waals surface area contributed by atoms with Crippen LogP contribution in [0.15, 0.2) is 0 Å². The summed E-state index contributed by atoms with van der Waals surface area (Å²) in [4.78, 5) is 12.7. The second kappa shape index (κ2) is 4.31. The summed E-state index contributed by atoms with van der Waals surface area (Å²) in [6.45, 7) is 4.64. The van der Waals surface area contributed by atoms with Crippen molar-refractivity contribution in [1.82, 2.24) is 10.6 Å². The fraction of sp³-hybridized carbons (Fsp3) is 0.933. The number of carbonyl (C=O) groups is 1. The Morgan fingerprint density at radius 2 is 1.00 bits per heavy atom. The Hall–Kier alpha value is -0.410. The molecular formula is C15H24N2O. The maximum atomic E-state index is 12.7. The molecule has 2 saturated carbocycles. The van der Waals surface area contributed by atoms with Crippen LogP contribution in [0.5, 0.6) is 0 Å². The third-order valence-electron chi connectivity index (χ3n) is 6.11. The van der Waals surface area contributed by atoms with E-state index in [0.29, 0.717) is 17.6 Å². The van der Waals surface area contributed by atoms with E-state index in [4.69, 9.17) is 0 Å². The van der Waals surface area contributed by atoms with Gasteiger partial charge in [-0.2, -0.15) is 0 Å². The van der Waals surface area contributed by atoms with Gasteiger partial charge in [0.2, 0.25) is 0 Å². The minimum Gasteiger partial charge on any atom is -0.316 e. The van der Waals surface area contributed by atoms with Crippen LogP contribution in [0, 0.1) is 35.5 Å². The van der Waals surface area contributed by atoms with E-state index in [1.165, 1.54) is 25.7 Å². The maximum Gasteiger partial charge on any atom is 0.139 e. The molecule has 0 radical (unpaired) electrons. The third-order valence-corrected chi connectivity index (χ3v) is 6.11. The fourth-order valence-corrected chi connectivity index (χ4v) is 5.13. The van der Waals surface area contributed by atoms with Gasteiger partial charge in [0, 0.05) is 11.8 Å². The van der Waals surface area contributed by atoms with Gasteiger partial charge in [-0.3, -0.25) is 4.79 Å². The van der Waals surface area contributed by atoms with Gasteiger partial charge in [0.25, 0.3) is 0 Å². The van der Waals surface area contributed by atoms with Gasteiger partial charge in [-0.25, -0.2) is 0 Å². The van der Waals surface area contributed by atoms with Crippen LogP contribution in [0.25, 0.3) is 0 Å². The molecule has 2 aliphatic carbocycles. The first kappa shape index (κ1) is 11.4. The average molecular weight is 248 g/mol. The summed E-state index contributed by atoms with van der Waals surface area (Å²) in [6, 6.07) is 0. The summed E-state index contributed by atoms with van der Waals surface area (Å²) in [5, 5.41) is 6.93. The van der Waals surface area contributed by atoms with Crippen molar-refractivity contribution in [3.05, 3.63) is 0 Å². The van der Waals surface area contributed by atoms with Gasteiger partial charge >= 0.3 is 0 Å². The molecule has 0 aromatic rings. The molecule has 0 bridgehead atoms. The summed E-state index contributed by atoms with van der Waals surface area (Å²) in [5.41, 5.74) is 0. The SMILES string of the molecule is O=C(C1C[C@H]2CNC[C@H]2C1)C1C[C@H]2CNC[C@H]2C1. The van der Waals surface area contributed by atoms with Crippen molar-refractivity contribution >= 4 is 5.78 Å². The number of hydrogen-bond acceptors (Lipinski definition) is 3.